The number of aliphatic hydroxyl groups excluding tert-OH is 7. The zero-order chi connectivity index (χ0) is 52.1. The van der Waals surface area contributed by atoms with Gasteiger partial charge in [-0.25, -0.2) is 4.79 Å². The normalized spacial score (nSPS) is 22.9. The minimum absolute atomic E-state index is 0.0257. The minimum Gasteiger partial charge on any atom is -0.480 e. The summed E-state index contributed by atoms with van der Waals surface area (Å²) >= 11 is 0. The number of imide groups is 1. The quantitative estimate of drug-likeness (QED) is 0.0122. The summed E-state index contributed by atoms with van der Waals surface area (Å²) < 4.78 is 49.0. The van der Waals surface area contributed by atoms with Crippen LogP contribution >= 0.6 is 15.2 Å². The predicted octanol–water partition coefficient (Wildman–Crippen LogP) is -5.92. The maximum atomic E-state index is 13.4. The highest BCUT2D eigenvalue weighted by Gasteiger charge is 2.45. The van der Waals surface area contributed by atoms with Crippen LogP contribution in [0.5, 0.6) is 0 Å². The standard InChI is InChI=1S/C38H66N4O25P2/c1-21(9-17-68(57,58)59)29(47)31(49)33(51)37(56)65-19-22(35(53)41-23(36(54)55)20-66-38-34(52)32(50)30(48)24(67-38)10-18-69(60,61)62)40-26(44)8-13-63-15-16-64-14-11-39-25(43)5-3-2-4-12-42-27(45)6-7-28(42)46/h6-7,21-24,29-34,37-38,47-52,56H,2-5,8-20H2,1H3,(H,39,43)(H,40,44)(H,41,53)(H,54,55)(H2,57,58,59)(H2,60,61,62). The molecule has 31 heteroatoms. The third-order valence-corrected chi connectivity index (χ3v) is 12.2. The van der Waals surface area contributed by atoms with E-state index in [-0.39, 0.29) is 70.1 Å². The van der Waals surface area contributed by atoms with Gasteiger partial charge < -0.3 is 100 Å². The van der Waals surface area contributed by atoms with Gasteiger partial charge in [-0.1, -0.05) is 13.3 Å². The summed E-state index contributed by atoms with van der Waals surface area (Å²) in [5.74, 6) is -5.98. The summed E-state index contributed by atoms with van der Waals surface area (Å²) in [7, 11) is -9.11. The molecule has 0 bridgehead atoms. The molecule has 2 aliphatic rings. The molecule has 0 saturated carbocycles. The minimum atomic E-state index is -4.61. The molecule has 0 aromatic carbocycles. The Morgan fingerprint density at radius 3 is 1.97 bits per heavy atom. The van der Waals surface area contributed by atoms with Crippen LogP contribution in [-0.4, -0.2) is 233 Å². The van der Waals surface area contributed by atoms with E-state index in [9.17, 15) is 88.5 Å². The van der Waals surface area contributed by atoms with Crippen LogP contribution < -0.4 is 16.0 Å². The highest BCUT2D eigenvalue weighted by Crippen LogP contribution is 2.38. The number of nitrogens with one attached hydrogen (secondary N) is 3. The lowest BCUT2D eigenvalue weighted by molar-refractivity contribution is -0.297. The predicted molar refractivity (Wildman–Crippen MR) is 230 cm³/mol. The monoisotopic (exact) mass is 1040 g/mol. The largest absolute Gasteiger partial charge is 0.480 e. The van der Waals surface area contributed by atoms with E-state index >= 15 is 0 Å². The lowest BCUT2D eigenvalue weighted by Crippen LogP contribution is -2.59. The third kappa shape index (κ3) is 23.6. The number of hydrogen-bond donors (Lipinski definition) is 15. The highest BCUT2D eigenvalue weighted by atomic mass is 31.2. The Morgan fingerprint density at radius 1 is 0.739 bits per heavy atom. The van der Waals surface area contributed by atoms with Gasteiger partial charge in [-0.2, -0.15) is 0 Å². The zero-order valence-electron chi connectivity index (χ0n) is 37.6. The van der Waals surface area contributed by atoms with Crippen molar-refractivity contribution in [3.8, 4) is 0 Å². The fourth-order valence-corrected chi connectivity index (χ4v) is 7.78. The van der Waals surface area contributed by atoms with E-state index in [4.69, 9.17) is 33.5 Å². The van der Waals surface area contributed by atoms with Crippen molar-refractivity contribution >= 4 is 50.7 Å². The van der Waals surface area contributed by atoms with Crippen molar-refractivity contribution in [1.82, 2.24) is 20.9 Å². The molecule has 2 aliphatic heterocycles. The lowest BCUT2D eigenvalue weighted by atomic mass is 9.94. The lowest BCUT2D eigenvalue weighted by Gasteiger charge is -2.40. The molecular weight excluding hydrogens is 974 g/mol. The molecular formula is C38H66N4O25P2. The van der Waals surface area contributed by atoms with Crippen LogP contribution in [0.4, 0.5) is 0 Å². The van der Waals surface area contributed by atoms with Gasteiger partial charge in [0.25, 0.3) is 11.8 Å². The van der Waals surface area contributed by atoms with Crippen LogP contribution in [0.2, 0.25) is 0 Å². The van der Waals surface area contributed by atoms with Crippen LogP contribution in [0.25, 0.3) is 0 Å². The van der Waals surface area contributed by atoms with Gasteiger partial charge in [0, 0.05) is 38.1 Å². The number of carbonyl (C=O) groups excluding carboxylic acids is 5. The summed E-state index contributed by atoms with van der Waals surface area (Å²) in [5.41, 5.74) is 0. The SMILES string of the molecule is CC(CCP(=O)(O)O)C(O)C(O)C(O)C(O)OCC(NC(=O)CCOCCOCCNC(=O)CCCCCN1C(=O)C=CC1=O)C(=O)NC(COC1OC(CCP(=O)(O)O)C(O)C(O)C1O)C(=O)O. The van der Waals surface area contributed by atoms with Gasteiger partial charge in [-0.15, -0.1) is 0 Å². The average Bonchev–Trinajstić information content (AvgIpc) is 3.60. The maximum Gasteiger partial charge on any atom is 0.328 e. The van der Waals surface area contributed by atoms with E-state index in [2.05, 4.69) is 10.6 Å². The molecule has 12 atom stereocenters. The Hall–Kier alpha value is -3.42. The van der Waals surface area contributed by atoms with Gasteiger partial charge in [0.2, 0.25) is 17.7 Å². The number of unbranched alkanes of at least 4 members (excludes halogenated alkanes) is 2. The molecule has 12 unspecified atom stereocenters. The Morgan fingerprint density at radius 2 is 1.36 bits per heavy atom. The van der Waals surface area contributed by atoms with E-state index in [0.717, 1.165) is 4.90 Å². The fourth-order valence-electron chi connectivity index (χ4n) is 6.44. The Labute approximate surface area is 395 Å². The number of carboxylic acid groups (broad SMARTS) is 1. The van der Waals surface area contributed by atoms with Gasteiger partial charge >= 0.3 is 21.2 Å². The summed E-state index contributed by atoms with van der Waals surface area (Å²) in [6, 6.07) is -3.92. The fraction of sp³-hybridized carbons (Fsp3) is 0.789. The molecule has 0 aromatic heterocycles. The second-order valence-electron chi connectivity index (χ2n) is 16.2. The van der Waals surface area contributed by atoms with Crippen LogP contribution in [0.15, 0.2) is 12.2 Å². The van der Waals surface area contributed by atoms with E-state index in [1.807, 2.05) is 5.32 Å². The van der Waals surface area contributed by atoms with Crippen molar-refractivity contribution in [1.29, 1.82) is 0 Å². The topological polar surface area (TPSA) is 465 Å². The van der Waals surface area contributed by atoms with Crippen LogP contribution in [-0.2, 0) is 61.6 Å². The number of carboxylic acids is 1. The number of carbonyl (C=O) groups is 6. The first-order valence-corrected chi connectivity index (χ1v) is 25.3. The molecule has 2 rings (SSSR count). The second-order valence-corrected chi connectivity index (χ2v) is 19.7. The zero-order valence-corrected chi connectivity index (χ0v) is 39.4. The van der Waals surface area contributed by atoms with Crippen LogP contribution in [0, 0.1) is 5.92 Å². The molecule has 15 N–H and O–H groups in total. The van der Waals surface area contributed by atoms with E-state index in [0.29, 0.717) is 19.3 Å². The number of aliphatic carboxylic acids is 1. The van der Waals surface area contributed by atoms with Crippen molar-refractivity contribution < 1.29 is 122 Å². The third-order valence-electron chi connectivity index (χ3n) is 10.6. The summed E-state index contributed by atoms with van der Waals surface area (Å²) in [6.45, 7) is -0.456. The molecule has 69 heavy (non-hydrogen) atoms. The van der Waals surface area contributed by atoms with E-state index in [1.165, 1.54) is 19.1 Å². The molecule has 29 nitrogen and oxygen atoms in total. The Kier molecular flexibility index (Phi) is 27.2. The Bertz CT molecular complexity index is 1770. The average molecular weight is 1040 g/mol. The van der Waals surface area contributed by atoms with Gasteiger partial charge in [0.15, 0.2) is 18.6 Å². The van der Waals surface area contributed by atoms with Crippen molar-refractivity contribution in [3.05, 3.63) is 12.2 Å². The first kappa shape index (κ1) is 61.7. The van der Waals surface area contributed by atoms with E-state index < -0.39 is 145 Å². The number of ether oxygens (including phenoxy) is 5. The molecule has 0 aromatic rings. The molecule has 0 aliphatic carbocycles. The molecule has 2 heterocycles. The van der Waals surface area contributed by atoms with Crippen LogP contribution in [0.3, 0.4) is 0 Å². The number of rotatable bonds is 35. The summed E-state index contributed by atoms with van der Waals surface area (Å²) in [5, 5.41) is 89.5. The van der Waals surface area contributed by atoms with Gasteiger partial charge in [-0.05, 0) is 31.6 Å². The van der Waals surface area contributed by atoms with Gasteiger partial charge in [0.1, 0.15) is 36.6 Å². The number of hydrogen-bond acceptors (Lipinski definition) is 20. The van der Waals surface area contributed by atoms with Crippen molar-refractivity contribution in [2.45, 2.75) is 119 Å². The smallest absolute Gasteiger partial charge is 0.328 e. The summed E-state index contributed by atoms with van der Waals surface area (Å²) in [4.78, 5) is 111. The van der Waals surface area contributed by atoms with E-state index in [1.54, 1.807) is 0 Å². The number of amides is 5. The molecule has 0 radical (unpaired) electrons. The first-order chi connectivity index (χ1) is 32.2. The maximum absolute atomic E-state index is 13.4. The van der Waals surface area contributed by atoms with Gasteiger partial charge in [-0.3, -0.25) is 38.0 Å². The molecule has 5 amide bonds. The molecule has 1 saturated heterocycles. The van der Waals surface area contributed by atoms with Crippen molar-refractivity contribution in [3.63, 3.8) is 0 Å². The number of aliphatic hydroxyl groups is 7. The number of nitrogens with zero attached hydrogens (tertiary/aromatic N) is 1. The molecule has 398 valence electrons. The van der Waals surface area contributed by atoms with Crippen molar-refractivity contribution in [2.24, 2.45) is 5.92 Å². The van der Waals surface area contributed by atoms with Crippen LogP contribution in [0.1, 0.15) is 51.9 Å². The molecule has 0 spiro atoms. The Balaban J connectivity index is 1.94. The second kappa shape index (κ2) is 30.5. The highest BCUT2D eigenvalue weighted by molar-refractivity contribution is 7.52. The molecule has 1 fully saturated rings. The summed E-state index contributed by atoms with van der Waals surface area (Å²) in [6.07, 6.45) is -16.4. The first-order valence-electron chi connectivity index (χ1n) is 21.7. The van der Waals surface area contributed by atoms with Crippen molar-refractivity contribution in [2.75, 3.05) is 65.1 Å². The van der Waals surface area contributed by atoms with Gasteiger partial charge in [0.05, 0.1) is 64.2 Å².